The molecule has 0 radical (unpaired) electrons. The number of carbonyl (C=O) groups is 1. The van der Waals surface area contributed by atoms with Crippen molar-refractivity contribution >= 4 is 5.97 Å². The fourth-order valence-electron chi connectivity index (χ4n) is 3.89. The summed E-state index contributed by atoms with van der Waals surface area (Å²) in [5.41, 5.74) is 1.15. The number of esters is 1. The molecule has 0 aliphatic rings. The standard InChI is InChI=1S/C31H20F6O2/c1-2-3-19-4-6-21(7-5-19)30(38)39-24-11-8-20(9-12-24)22-10-13-25(27(32)16-22)23-17-28(33)26(29(34)18-23)14-15-31(35,36)37/h4-13,16-18H,2-3H2,1H3. The molecule has 4 rings (SSSR count). The van der Waals surface area contributed by atoms with E-state index in [9.17, 15) is 31.1 Å². The molecule has 0 spiro atoms. The molecular weight excluding hydrogens is 518 g/mol. The van der Waals surface area contributed by atoms with Gasteiger partial charge in [-0.15, -0.1) is 0 Å². The lowest BCUT2D eigenvalue weighted by Crippen LogP contribution is -2.08. The smallest absolute Gasteiger partial charge is 0.423 e. The van der Waals surface area contributed by atoms with Gasteiger partial charge in [0.25, 0.3) is 0 Å². The van der Waals surface area contributed by atoms with Crippen molar-refractivity contribution < 1.29 is 35.9 Å². The van der Waals surface area contributed by atoms with Crippen molar-refractivity contribution in [3.63, 3.8) is 0 Å². The Balaban J connectivity index is 1.50. The largest absolute Gasteiger partial charge is 0.458 e. The summed E-state index contributed by atoms with van der Waals surface area (Å²) in [5.74, 6) is -1.47. The van der Waals surface area contributed by atoms with E-state index in [1.165, 1.54) is 18.1 Å². The molecular formula is C31H20F6O2. The average Bonchev–Trinajstić information content (AvgIpc) is 2.88. The average molecular weight is 538 g/mol. The molecule has 0 heterocycles. The third-order valence-corrected chi connectivity index (χ3v) is 5.78. The van der Waals surface area contributed by atoms with Crippen molar-refractivity contribution in [2.45, 2.75) is 25.9 Å². The van der Waals surface area contributed by atoms with E-state index >= 15 is 0 Å². The van der Waals surface area contributed by atoms with Gasteiger partial charge < -0.3 is 4.74 Å². The molecule has 0 saturated heterocycles. The van der Waals surface area contributed by atoms with Crippen molar-refractivity contribution in [2.24, 2.45) is 0 Å². The first kappa shape index (κ1) is 27.5. The highest BCUT2D eigenvalue weighted by molar-refractivity contribution is 5.91. The Kier molecular flexibility index (Phi) is 8.10. The highest BCUT2D eigenvalue weighted by Gasteiger charge is 2.24. The van der Waals surface area contributed by atoms with Gasteiger partial charge in [0.15, 0.2) is 0 Å². The van der Waals surface area contributed by atoms with Crippen molar-refractivity contribution in [3.05, 3.63) is 113 Å². The number of alkyl halides is 3. The Bertz CT molecular complexity index is 1540. The number of halogens is 6. The third kappa shape index (κ3) is 6.88. The SMILES string of the molecule is CCCc1ccc(C(=O)Oc2ccc(-c3ccc(-c4cc(F)c(C#CC(F)(F)F)c(F)c4)c(F)c3)cc2)cc1. The Morgan fingerprint density at radius 3 is 1.92 bits per heavy atom. The van der Waals surface area contributed by atoms with Crippen LogP contribution in [0.15, 0.2) is 78.9 Å². The lowest BCUT2D eigenvalue weighted by Gasteiger charge is -2.10. The molecule has 8 heteroatoms. The lowest BCUT2D eigenvalue weighted by atomic mass is 9.98. The number of hydrogen-bond acceptors (Lipinski definition) is 2. The molecule has 4 aromatic carbocycles. The van der Waals surface area contributed by atoms with Gasteiger partial charge in [-0.25, -0.2) is 18.0 Å². The first-order chi connectivity index (χ1) is 18.5. The molecule has 198 valence electrons. The van der Waals surface area contributed by atoms with Crippen molar-refractivity contribution in [2.75, 3.05) is 0 Å². The highest BCUT2D eigenvalue weighted by Crippen LogP contribution is 2.31. The van der Waals surface area contributed by atoms with Crippen molar-refractivity contribution in [1.29, 1.82) is 0 Å². The minimum absolute atomic E-state index is 0.151. The van der Waals surface area contributed by atoms with Gasteiger partial charge in [-0.1, -0.05) is 55.7 Å². The first-order valence-corrected chi connectivity index (χ1v) is 11.8. The van der Waals surface area contributed by atoms with E-state index in [4.69, 9.17) is 4.74 Å². The molecule has 0 saturated carbocycles. The zero-order valence-electron chi connectivity index (χ0n) is 20.5. The molecule has 0 atom stereocenters. The molecule has 4 aromatic rings. The number of aryl methyl sites for hydroxylation is 1. The molecule has 0 fully saturated rings. The minimum atomic E-state index is -4.92. The summed E-state index contributed by atoms with van der Waals surface area (Å²) in [7, 11) is 0. The fourth-order valence-corrected chi connectivity index (χ4v) is 3.89. The normalized spacial score (nSPS) is 11.1. The lowest BCUT2D eigenvalue weighted by molar-refractivity contribution is -0.0696. The number of rotatable bonds is 6. The van der Waals surface area contributed by atoms with Crippen LogP contribution in [0.2, 0.25) is 0 Å². The van der Waals surface area contributed by atoms with Crippen LogP contribution in [-0.2, 0) is 6.42 Å². The highest BCUT2D eigenvalue weighted by atomic mass is 19.4. The number of ether oxygens (including phenoxy) is 1. The van der Waals surface area contributed by atoms with Gasteiger partial charge in [0.1, 0.15) is 23.2 Å². The maximum Gasteiger partial charge on any atom is 0.458 e. The van der Waals surface area contributed by atoms with Gasteiger partial charge in [0.05, 0.1) is 11.1 Å². The van der Waals surface area contributed by atoms with Gasteiger partial charge in [0.2, 0.25) is 0 Å². The maximum atomic E-state index is 14.9. The van der Waals surface area contributed by atoms with E-state index in [2.05, 4.69) is 6.92 Å². The van der Waals surface area contributed by atoms with Crippen LogP contribution in [0.5, 0.6) is 5.75 Å². The summed E-state index contributed by atoms with van der Waals surface area (Å²) < 4.78 is 85.7. The third-order valence-electron chi connectivity index (χ3n) is 5.78. The van der Waals surface area contributed by atoms with Gasteiger partial charge in [0, 0.05) is 11.5 Å². The van der Waals surface area contributed by atoms with Crippen molar-refractivity contribution in [3.8, 4) is 39.8 Å². The zero-order valence-corrected chi connectivity index (χ0v) is 20.5. The molecule has 0 amide bonds. The van der Waals surface area contributed by atoms with E-state index in [1.807, 2.05) is 12.1 Å². The van der Waals surface area contributed by atoms with E-state index in [-0.39, 0.29) is 16.9 Å². The quantitative estimate of drug-likeness (QED) is 0.106. The summed E-state index contributed by atoms with van der Waals surface area (Å²) in [6.07, 6.45) is -3.00. The van der Waals surface area contributed by atoms with E-state index < -0.39 is 35.2 Å². The molecule has 2 nitrogen and oxygen atoms in total. The Labute approximate surface area is 220 Å². The summed E-state index contributed by atoms with van der Waals surface area (Å²) in [6, 6.07) is 18.9. The maximum absolute atomic E-state index is 14.9. The zero-order chi connectivity index (χ0) is 28.2. The van der Waals surface area contributed by atoms with Crippen LogP contribution in [-0.4, -0.2) is 12.1 Å². The second-order valence-electron chi connectivity index (χ2n) is 8.62. The number of hydrogen-bond donors (Lipinski definition) is 0. The number of carbonyl (C=O) groups excluding carboxylic acids is 1. The molecule has 0 N–H and O–H groups in total. The van der Waals surface area contributed by atoms with Gasteiger partial charge >= 0.3 is 12.1 Å². The summed E-state index contributed by atoms with van der Waals surface area (Å²) >= 11 is 0. The van der Waals surface area contributed by atoms with Crippen LogP contribution >= 0.6 is 0 Å². The minimum Gasteiger partial charge on any atom is -0.423 e. The van der Waals surface area contributed by atoms with E-state index in [0.29, 0.717) is 16.7 Å². The molecule has 39 heavy (non-hydrogen) atoms. The molecule has 0 aliphatic heterocycles. The molecule has 0 aromatic heterocycles. The summed E-state index contributed by atoms with van der Waals surface area (Å²) in [4.78, 5) is 12.4. The molecule has 0 unspecified atom stereocenters. The van der Waals surface area contributed by atoms with Gasteiger partial charge in [-0.2, -0.15) is 13.2 Å². The van der Waals surface area contributed by atoms with Crippen LogP contribution in [0.25, 0.3) is 22.3 Å². The van der Waals surface area contributed by atoms with Gasteiger partial charge in [-0.05, 0) is 71.1 Å². The Hall–Kier alpha value is -4.51. The van der Waals surface area contributed by atoms with E-state index in [0.717, 1.165) is 42.5 Å². The number of benzene rings is 4. The van der Waals surface area contributed by atoms with Crippen LogP contribution in [0.1, 0.15) is 34.8 Å². The second kappa shape index (κ2) is 11.5. The fraction of sp³-hybridized carbons (Fsp3) is 0.129. The molecule has 0 aliphatic carbocycles. The van der Waals surface area contributed by atoms with Crippen LogP contribution in [0, 0.1) is 29.3 Å². The summed E-state index contributed by atoms with van der Waals surface area (Å²) in [6.45, 7) is 2.07. The van der Waals surface area contributed by atoms with Crippen LogP contribution in [0.4, 0.5) is 26.3 Å². The van der Waals surface area contributed by atoms with Crippen molar-refractivity contribution in [1.82, 2.24) is 0 Å². The second-order valence-corrected chi connectivity index (χ2v) is 8.62. The van der Waals surface area contributed by atoms with Gasteiger partial charge in [-0.3, -0.25) is 0 Å². The van der Waals surface area contributed by atoms with E-state index in [1.54, 1.807) is 36.4 Å². The Morgan fingerprint density at radius 1 is 0.769 bits per heavy atom. The monoisotopic (exact) mass is 538 g/mol. The Morgan fingerprint density at radius 2 is 1.36 bits per heavy atom. The predicted molar refractivity (Wildman–Crippen MR) is 136 cm³/mol. The predicted octanol–water partition coefficient (Wildman–Crippen LogP) is 8.52. The van der Waals surface area contributed by atoms with Crippen LogP contribution in [0.3, 0.4) is 0 Å². The summed E-state index contributed by atoms with van der Waals surface area (Å²) in [5, 5.41) is 0. The molecule has 0 bridgehead atoms. The topological polar surface area (TPSA) is 26.3 Å². The first-order valence-electron chi connectivity index (χ1n) is 11.8. The van der Waals surface area contributed by atoms with Crippen LogP contribution < -0.4 is 4.74 Å².